The van der Waals surface area contributed by atoms with Gasteiger partial charge in [-0.3, -0.25) is 10.2 Å². The molecule has 0 saturated heterocycles. The van der Waals surface area contributed by atoms with Gasteiger partial charge in [-0.05, 0) is 24.3 Å². The standard InChI is InChI=1S/C15H16N2O3/c1-19-12-7-9-13(10-8-12)20-14(15(18)17-16)11-5-3-2-4-6-11/h2-10,14H,16H2,1H3,(H,17,18). The second-order valence-corrected chi connectivity index (χ2v) is 4.09. The van der Waals surface area contributed by atoms with E-state index >= 15 is 0 Å². The molecule has 0 aliphatic carbocycles. The Labute approximate surface area is 117 Å². The van der Waals surface area contributed by atoms with Crippen LogP contribution in [0.2, 0.25) is 0 Å². The molecule has 0 aliphatic heterocycles. The van der Waals surface area contributed by atoms with Crippen molar-refractivity contribution in [2.75, 3.05) is 7.11 Å². The number of ether oxygens (including phenoxy) is 2. The van der Waals surface area contributed by atoms with Gasteiger partial charge in [0.05, 0.1) is 7.11 Å². The molecule has 0 radical (unpaired) electrons. The number of methoxy groups -OCH3 is 1. The Morgan fingerprint density at radius 1 is 1.05 bits per heavy atom. The molecule has 2 aromatic rings. The normalized spacial score (nSPS) is 11.5. The largest absolute Gasteiger partial charge is 0.497 e. The van der Waals surface area contributed by atoms with E-state index in [4.69, 9.17) is 15.3 Å². The third-order valence-corrected chi connectivity index (χ3v) is 2.80. The molecule has 0 bridgehead atoms. The molecule has 0 fully saturated rings. The molecule has 2 rings (SSSR count). The van der Waals surface area contributed by atoms with Crippen LogP contribution in [-0.4, -0.2) is 13.0 Å². The SMILES string of the molecule is COc1ccc(OC(C(=O)NN)c2ccccc2)cc1. The smallest absolute Gasteiger partial charge is 0.279 e. The summed E-state index contributed by atoms with van der Waals surface area (Å²) in [4.78, 5) is 11.9. The molecule has 1 amide bonds. The van der Waals surface area contributed by atoms with Crippen molar-refractivity contribution in [2.24, 2.45) is 5.84 Å². The predicted octanol–water partition coefficient (Wildman–Crippen LogP) is 1.81. The van der Waals surface area contributed by atoms with Gasteiger partial charge in [-0.1, -0.05) is 30.3 Å². The van der Waals surface area contributed by atoms with Crippen molar-refractivity contribution in [3.05, 3.63) is 60.2 Å². The zero-order chi connectivity index (χ0) is 14.4. The molecule has 5 heteroatoms. The molecule has 3 N–H and O–H groups in total. The molecule has 0 aromatic heterocycles. The van der Waals surface area contributed by atoms with Crippen LogP contribution < -0.4 is 20.7 Å². The fourth-order valence-corrected chi connectivity index (χ4v) is 1.77. The van der Waals surface area contributed by atoms with Gasteiger partial charge in [0.25, 0.3) is 5.91 Å². The molecular weight excluding hydrogens is 256 g/mol. The molecule has 1 atom stereocenters. The lowest BCUT2D eigenvalue weighted by Gasteiger charge is -2.18. The molecule has 0 aliphatic rings. The fraction of sp³-hybridized carbons (Fsp3) is 0.133. The van der Waals surface area contributed by atoms with Gasteiger partial charge < -0.3 is 9.47 Å². The van der Waals surface area contributed by atoms with Crippen LogP contribution in [0.25, 0.3) is 0 Å². The van der Waals surface area contributed by atoms with Crippen LogP contribution in [-0.2, 0) is 4.79 Å². The Bertz CT molecular complexity index is 555. The van der Waals surface area contributed by atoms with Gasteiger partial charge in [-0.25, -0.2) is 5.84 Å². The lowest BCUT2D eigenvalue weighted by atomic mass is 10.1. The van der Waals surface area contributed by atoms with Gasteiger partial charge >= 0.3 is 0 Å². The minimum atomic E-state index is -0.797. The summed E-state index contributed by atoms with van der Waals surface area (Å²) < 4.78 is 10.8. The monoisotopic (exact) mass is 272 g/mol. The second kappa shape index (κ2) is 6.58. The van der Waals surface area contributed by atoms with Crippen molar-refractivity contribution in [3.8, 4) is 11.5 Å². The topological polar surface area (TPSA) is 73.6 Å². The van der Waals surface area contributed by atoms with E-state index in [2.05, 4.69) is 5.43 Å². The van der Waals surface area contributed by atoms with E-state index < -0.39 is 12.0 Å². The van der Waals surface area contributed by atoms with Gasteiger partial charge in [0.2, 0.25) is 6.10 Å². The van der Waals surface area contributed by atoms with Crippen molar-refractivity contribution in [3.63, 3.8) is 0 Å². The van der Waals surface area contributed by atoms with Gasteiger partial charge in [0.15, 0.2) is 0 Å². The van der Waals surface area contributed by atoms with Crippen molar-refractivity contribution in [2.45, 2.75) is 6.10 Å². The molecule has 0 heterocycles. The van der Waals surface area contributed by atoms with Crippen LogP contribution in [0, 0.1) is 0 Å². The van der Waals surface area contributed by atoms with Crippen molar-refractivity contribution in [1.82, 2.24) is 5.43 Å². The third kappa shape index (κ3) is 3.27. The van der Waals surface area contributed by atoms with Gasteiger partial charge in [0.1, 0.15) is 11.5 Å². The molecule has 1 unspecified atom stereocenters. The van der Waals surface area contributed by atoms with Crippen LogP contribution in [0.15, 0.2) is 54.6 Å². The zero-order valence-corrected chi connectivity index (χ0v) is 11.1. The minimum Gasteiger partial charge on any atom is -0.497 e. The van der Waals surface area contributed by atoms with E-state index in [9.17, 15) is 4.79 Å². The Morgan fingerprint density at radius 2 is 1.65 bits per heavy atom. The number of amides is 1. The van der Waals surface area contributed by atoms with Crippen LogP contribution >= 0.6 is 0 Å². The molecule has 0 spiro atoms. The number of carbonyl (C=O) groups excluding carboxylic acids is 1. The highest BCUT2D eigenvalue weighted by Gasteiger charge is 2.21. The highest BCUT2D eigenvalue weighted by atomic mass is 16.5. The number of nitrogens with two attached hydrogens (primary N) is 1. The summed E-state index contributed by atoms with van der Waals surface area (Å²) in [5.41, 5.74) is 2.85. The summed E-state index contributed by atoms with van der Waals surface area (Å²) in [6.45, 7) is 0. The summed E-state index contributed by atoms with van der Waals surface area (Å²) in [5, 5.41) is 0. The van der Waals surface area contributed by atoms with E-state index in [1.165, 1.54) is 0 Å². The quantitative estimate of drug-likeness (QED) is 0.494. The minimum absolute atomic E-state index is 0.410. The zero-order valence-electron chi connectivity index (χ0n) is 11.1. The molecule has 0 saturated carbocycles. The van der Waals surface area contributed by atoms with Crippen LogP contribution in [0.5, 0.6) is 11.5 Å². The van der Waals surface area contributed by atoms with E-state index in [0.717, 1.165) is 11.3 Å². The van der Waals surface area contributed by atoms with Gasteiger partial charge in [0, 0.05) is 5.56 Å². The van der Waals surface area contributed by atoms with Crippen LogP contribution in [0.3, 0.4) is 0 Å². The number of benzene rings is 2. The van der Waals surface area contributed by atoms with Crippen molar-refractivity contribution in [1.29, 1.82) is 0 Å². The van der Waals surface area contributed by atoms with Gasteiger partial charge in [-0.2, -0.15) is 0 Å². The lowest BCUT2D eigenvalue weighted by molar-refractivity contribution is -0.128. The highest BCUT2D eigenvalue weighted by Crippen LogP contribution is 2.24. The third-order valence-electron chi connectivity index (χ3n) is 2.80. The summed E-state index contributed by atoms with van der Waals surface area (Å²) in [6.07, 6.45) is -0.797. The number of hydrazine groups is 1. The summed E-state index contributed by atoms with van der Waals surface area (Å²) in [6, 6.07) is 16.2. The number of hydrogen-bond acceptors (Lipinski definition) is 4. The van der Waals surface area contributed by atoms with E-state index in [-0.39, 0.29) is 0 Å². The Morgan fingerprint density at radius 3 is 2.20 bits per heavy atom. The van der Waals surface area contributed by atoms with Gasteiger partial charge in [-0.15, -0.1) is 0 Å². The predicted molar refractivity (Wildman–Crippen MR) is 75.1 cm³/mol. The molecule has 20 heavy (non-hydrogen) atoms. The average Bonchev–Trinajstić information content (AvgIpc) is 2.53. The number of nitrogens with one attached hydrogen (secondary N) is 1. The first-order chi connectivity index (χ1) is 9.74. The molecular formula is C15H16N2O3. The Balaban J connectivity index is 2.21. The maximum atomic E-state index is 11.9. The first kappa shape index (κ1) is 13.9. The number of hydrogen-bond donors (Lipinski definition) is 2. The Kier molecular flexibility index (Phi) is 4.57. The van der Waals surface area contributed by atoms with Crippen molar-refractivity contribution < 1.29 is 14.3 Å². The summed E-state index contributed by atoms with van der Waals surface area (Å²) >= 11 is 0. The van der Waals surface area contributed by atoms with E-state index in [0.29, 0.717) is 5.75 Å². The number of rotatable bonds is 5. The average molecular weight is 272 g/mol. The van der Waals surface area contributed by atoms with Crippen LogP contribution in [0.1, 0.15) is 11.7 Å². The molecule has 104 valence electrons. The second-order valence-electron chi connectivity index (χ2n) is 4.09. The maximum Gasteiger partial charge on any atom is 0.279 e. The highest BCUT2D eigenvalue weighted by molar-refractivity contribution is 5.82. The van der Waals surface area contributed by atoms with Crippen LogP contribution in [0.4, 0.5) is 0 Å². The Hall–Kier alpha value is -2.53. The number of carbonyl (C=O) groups is 1. The maximum absolute atomic E-state index is 11.9. The van der Waals surface area contributed by atoms with Crippen molar-refractivity contribution >= 4 is 5.91 Å². The first-order valence-corrected chi connectivity index (χ1v) is 6.10. The van der Waals surface area contributed by atoms with E-state index in [1.807, 2.05) is 30.3 Å². The molecule has 2 aromatic carbocycles. The summed E-state index contributed by atoms with van der Waals surface area (Å²) in [7, 11) is 1.59. The molecule has 5 nitrogen and oxygen atoms in total. The van der Waals surface area contributed by atoms with E-state index in [1.54, 1.807) is 31.4 Å². The first-order valence-electron chi connectivity index (χ1n) is 6.10. The summed E-state index contributed by atoms with van der Waals surface area (Å²) in [5.74, 6) is 6.08. The lowest BCUT2D eigenvalue weighted by Crippen LogP contribution is -2.37. The fourth-order valence-electron chi connectivity index (χ4n) is 1.77.